The van der Waals surface area contributed by atoms with Crippen molar-refractivity contribution in [3.63, 3.8) is 0 Å². The van der Waals surface area contributed by atoms with Crippen molar-refractivity contribution in [3.05, 3.63) is 70.6 Å². The molecule has 7 heteroatoms. The zero-order valence-corrected chi connectivity index (χ0v) is 16.7. The van der Waals surface area contributed by atoms with E-state index in [0.717, 1.165) is 37.5 Å². The van der Waals surface area contributed by atoms with Crippen LogP contribution in [0.1, 0.15) is 16.3 Å². The molecule has 0 spiro atoms. The molecule has 2 N–H and O–H groups in total. The minimum Gasteiger partial charge on any atom is -0.481 e. The zero-order valence-electron chi connectivity index (χ0n) is 15.9. The Morgan fingerprint density at radius 1 is 1.07 bits per heavy atom. The van der Waals surface area contributed by atoms with Gasteiger partial charge in [0.25, 0.3) is 0 Å². The molecular weight excluding hydrogens is 389 g/mol. The largest absolute Gasteiger partial charge is 0.481 e. The quantitative estimate of drug-likeness (QED) is 0.458. The lowest BCUT2D eigenvalue weighted by Crippen LogP contribution is -2.01. The van der Waals surface area contributed by atoms with Gasteiger partial charge in [-0.1, -0.05) is 24.3 Å². The molecule has 5 nitrogen and oxygen atoms in total. The van der Waals surface area contributed by atoms with Crippen LogP contribution in [-0.4, -0.2) is 21.0 Å². The van der Waals surface area contributed by atoms with Gasteiger partial charge in [0.15, 0.2) is 0 Å². The first-order chi connectivity index (χ1) is 13.9. The number of carboxylic acids is 1. The molecule has 0 atom stereocenters. The van der Waals surface area contributed by atoms with E-state index in [4.69, 9.17) is 5.11 Å². The van der Waals surface area contributed by atoms with Crippen molar-refractivity contribution < 1.29 is 14.3 Å². The maximum absolute atomic E-state index is 13.4. The first-order valence-electron chi connectivity index (χ1n) is 9.02. The van der Waals surface area contributed by atoms with Crippen LogP contribution >= 0.6 is 11.3 Å². The molecule has 0 unspecified atom stereocenters. The van der Waals surface area contributed by atoms with E-state index >= 15 is 0 Å². The van der Waals surface area contributed by atoms with E-state index in [9.17, 15) is 9.18 Å². The topological polar surface area (TPSA) is 75.1 Å². The van der Waals surface area contributed by atoms with Gasteiger partial charge in [0, 0.05) is 16.1 Å². The smallest absolute Gasteiger partial charge is 0.307 e. The van der Waals surface area contributed by atoms with Crippen molar-refractivity contribution in [1.29, 1.82) is 0 Å². The van der Waals surface area contributed by atoms with Gasteiger partial charge in [-0.2, -0.15) is 0 Å². The van der Waals surface area contributed by atoms with Gasteiger partial charge < -0.3 is 10.4 Å². The maximum atomic E-state index is 13.4. The number of aryl methyl sites for hydroxylation is 2. The van der Waals surface area contributed by atoms with Crippen molar-refractivity contribution in [2.24, 2.45) is 0 Å². The summed E-state index contributed by atoms with van der Waals surface area (Å²) in [6.07, 6.45) is -0.0183. The summed E-state index contributed by atoms with van der Waals surface area (Å²) in [7, 11) is 0. The second-order valence-electron chi connectivity index (χ2n) is 6.73. The van der Waals surface area contributed by atoms with Crippen molar-refractivity contribution in [2.75, 3.05) is 5.32 Å². The number of nitrogens with one attached hydrogen (secondary N) is 1. The molecule has 2 heterocycles. The number of carbonyl (C=O) groups is 1. The molecular formula is C22H18FN3O2S. The van der Waals surface area contributed by atoms with E-state index in [-0.39, 0.29) is 12.2 Å². The van der Waals surface area contributed by atoms with Gasteiger partial charge in [-0.05, 0) is 49.2 Å². The van der Waals surface area contributed by atoms with E-state index in [2.05, 4.69) is 15.3 Å². The molecule has 0 aliphatic carbocycles. The van der Waals surface area contributed by atoms with Crippen LogP contribution in [0.5, 0.6) is 0 Å². The maximum Gasteiger partial charge on any atom is 0.307 e. The predicted octanol–water partition coefficient (Wildman–Crippen LogP) is 5.48. The fraction of sp³-hybridized carbons (Fsp3) is 0.136. The summed E-state index contributed by atoms with van der Waals surface area (Å²) in [6, 6.07) is 13.6. The molecule has 0 saturated carbocycles. The number of rotatable bonds is 5. The number of carboxylic acid groups (broad SMARTS) is 1. The molecule has 0 aliphatic rings. The van der Waals surface area contributed by atoms with Gasteiger partial charge in [-0.25, -0.2) is 14.4 Å². The molecule has 146 valence electrons. The summed E-state index contributed by atoms with van der Waals surface area (Å²) in [5, 5.41) is 13.1. The number of benzene rings is 2. The number of fused-ring (bicyclic) bond motifs is 1. The number of aromatic nitrogens is 2. The van der Waals surface area contributed by atoms with Gasteiger partial charge in [-0.15, -0.1) is 11.3 Å². The fourth-order valence-electron chi connectivity index (χ4n) is 3.29. The highest BCUT2D eigenvalue weighted by molar-refractivity contribution is 7.19. The van der Waals surface area contributed by atoms with E-state index in [1.807, 2.05) is 26.0 Å². The summed E-state index contributed by atoms with van der Waals surface area (Å²) in [4.78, 5) is 22.0. The normalized spacial score (nSPS) is 11.0. The third-order valence-corrected chi connectivity index (χ3v) is 5.54. The highest BCUT2D eigenvalue weighted by Gasteiger charge is 2.18. The van der Waals surface area contributed by atoms with Gasteiger partial charge in [0.2, 0.25) is 0 Å². The molecule has 0 aliphatic heterocycles. The number of aliphatic carboxylic acids is 1. The summed E-state index contributed by atoms with van der Waals surface area (Å²) < 4.78 is 13.4. The lowest BCUT2D eigenvalue weighted by molar-refractivity contribution is -0.136. The Labute approximate surface area is 170 Å². The average molecular weight is 407 g/mol. The average Bonchev–Trinajstić information content (AvgIpc) is 2.99. The van der Waals surface area contributed by atoms with Crippen LogP contribution in [-0.2, 0) is 11.2 Å². The molecule has 2 aromatic heterocycles. The van der Waals surface area contributed by atoms with Crippen LogP contribution in [0.25, 0.3) is 21.3 Å². The second kappa shape index (κ2) is 7.60. The van der Waals surface area contributed by atoms with E-state index in [1.54, 1.807) is 35.6 Å². The third-order valence-electron chi connectivity index (χ3n) is 4.54. The third kappa shape index (κ3) is 3.95. The van der Waals surface area contributed by atoms with Gasteiger partial charge >= 0.3 is 5.97 Å². The molecule has 2 aromatic carbocycles. The number of hydrogen-bond donors (Lipinski definition) is 2. The Kier molecular flexibility index (Phi) is 4.98. The molecule has 4 aromatic rings. The monoisotopic (exact) mass is 407 g/mol. The van der Waals surface area contributed by atoms with Crippen LogP contribution in [0, 0.1) is 19.7 Å². The summed E-state index contributed by atoms with van der Waals surface area (Å²) in [5.41, 5.74) is 3.41. The van der Waals surface area contributed by atoms with Crippen LogP contribution in [0.2, 0.25) is 0 Å². The van der Waals surface area contributed by atoms with E-state index in [0.29, 0.717) is 11.6 Å². The Morgan fingerprint density at radius 2 is 1.76 bits per heavy atom. The molecule has 0 fully saturated rings. The molecule has 0 radical (unpaired) electrons. The minimum absolute atomic E-state index is 0.0183. The zero-order chi connectivity index (χ0) is 20.5. The highest BCUT2D eigenvalue weighted by atomic mass is 32.1. The summed E-state index contributed by atoms with van der Waals surface area (Å²) in [5.74, 6) is 0.172. The van der Waals surface area contributed by atoms with Crippen LogP contribution in [0.15, 0.2) is 48.5 Å². The lowest BCUT2D eigenvalue weighted by Gasteiger charge is -2.11. The SMILES string of the molecule is Cc1nc(Nc2ccc(CC(=O)O)cc2)c2c(-c3ccc(F)cc3)c(C)sc2n1. The highest BCUT2D eigenvalue weighted by Crippen LogP contribution is 2.41. The van der Waals surface area contributed by atoms with Gasteiger partial charge in [0.05, 0.1) is 11.8 Å². The molecule has 0 amide bonds. The van der Waals surface area contributed by atoms with Crippen molar-refractivity contribution in [1.82, 2.24) is 9.97 Å². The fourth-order valence-corrected chi connectivity index (χ4v) is 4.38. The number of hydrogen-bond acceptors (Lipinski definition) is 5. The first kappa shape index (κ1) is 19.0. The molecule has 0 bridgehead atoms. The second-order valence-corrected chi connectivity index (χ2v) is 7.94. The predicted molar refractivity (Wildman–Crippen MR) is 113 cm³/mol. The van der Waals surface area contributed by atoms with Crippen molar-refractivity contribution in [2.45, 2.75) is 20.3 Å². The lowest BCUT2D eigenvalue weighted by atomic mass is 10.0. The number of anilines is 2. The Balaban J connectivity index is 1.79. The molecule has 0 saturated heterocycles. The van der Waals surface area contributed by atoms with Crippen LogP contribution < -0.4 is 5.32 Å². The first-order valence-corrected chi connectivity index (χ1v) is 9.84. The Hall–Kier alpha value is -3.32. The van der Waals surface area contributed by atoms with Gasteiger partial charge in [-0.3, -0.25) is 4.79 Å². The minimum atomic E-state index is -0.864. The summed E-state index contributed by atoms with van der Waals surface area (Å²) in [6.45, 7) is 3.86. The molecule has 29 heavy (non-hydrogen) atoms. The standard InChI is InChI=1S/C22H18FN3O2S/c1-12-19(15-5-7-16(23)8-6-15)20-21(24-13(2)25-22(20)29-12)26-17-9-3-14(4-10-17)11-18(27)28/h3-10H,11H2,1-2H3,(H,27,28)(H,24,25,26). The van der Waals surface area contributed by atoms with Crippen molar-refractivity contribution in [3.8, 4) is 11.1 Å². The van der Waals surface area contributed by atoms with Crippen molar-refractivity contribution >= 4 is 39.0 Å². The van der Waals surface area contributed by atoms with Gasteiger partial charge in [0.1, 0.15) is 22.3 Å². The van der Waals surface area contributed by atoms with Crippen LogP contribution in [0.3, 0.4) is 0 Å². The van der Waals surface area contributed by atoms with E-state index in [1.165, 1.54) is 12.1 Å². The summed E-state index contributed by atoms with van der Waals surface area (Å²) >= 11 is 1.58. The Bertz CT molecular complexity index is 1200. The number of nitrogens with zero attached hydrogens (tertiary/aromatic N) is 2. The number of thiophene rings is 1. The Morgan fingerprint density at radius 3 is 2.41 bits per heavy atom. The van der Waals surface area contributed by atoms with Crippen LogP contribution in [0.4, 0.5) is 15.9 Å². The van der Waals surface area contributed by atoms with E-state index < -0.39 is 5.97 Å². The number of halogens is 1. The molecule has 4 rings (SSSR count).